The molecule has 2 aliphatic heterocycles. The van der Waals surface area contributed by atoms with E-state index in [9.17, 15) is 13.2 Å². The maximum absolute atomic E-state index is 13.5. The lowest BCUT2D eigenvalue weighted by Crippen LogP contribution is -2.55. The first-order chi connectivity index (χ1) is 14.9. The van der Waals surface area contributed by atoms with Crippen molar-refractivity contribution >= 4 is 15.9 Å². The van der Waals surface area contributed by atoms with Crippen molar-refractivity contribution in [2.45, 2.75) is 94.1 Å². The zero-order valence-electron chi connectivity index (χ0n) is 18.1. The minimum absolute atomic E-state index is 0.0391. The smallest absolute Gasteiger partial charge is 0.273 e. The van der Waals surface area contributed by atoms with Crippen LogP contribution in [-0.4, -0.2) is 71.5 Å². The average Bonchev–Trinajstić information content (AvgIpc) is 3.36. The standard InChI is InChI=1S/C21H34N4O5S/c1-2-18-13-20(24-30-18)21(27)23-15-11-16-5-6-17(12-15)25(16)31(28,29)19-7-3-14(4-8-19)22-9-10-26/h13-17,19,22,26H,2-12H2,1H3,(H,23,27)/t14?,15?,16-,17+,19?. The first-order valence-corrected chi connectivity index (χ1v) is 13.1. The fraction of sp³-hybridized carbons (Fsp3) is 0.810. The van der Waals surface area contributed by atoms with E-state index in [4.69, 9.17) is 9.63 Å². The summed E-state index contributed by atoms with van der Waals surface area (Å²) in [7, 11) is -3.35. The second kappa shape index (κ2) is 9.56. The number of fused-ring (bicyclic) bond motifs is 2. The number of aromatic nitrogens is 1. The highest BCUT2D eigenvalue weighted by Crippen LogP contribution is 2.41. The molecule has 1 amide bonds. The molecule has 3 aliphatic rings. The van der Waals surface area contributed by atoms with Crippen LogP contribution in [0.15, 0.2) is 10.6 Å². The molecule has 2 saturated heterocycles. The highest BCUT2D eigenvalue weighted by molar-refractivity contribution is 7.89. The number of amides is 1. The van der Waals surface area contributed by atoms with Crippen LogP contribution in [0.3, 0.4) is 0 Å². The number of piperidine rings is 1. The van der Waals surface area contributed by atoms with Crippen LogP contribution in [0.5, 0.6) is 0 Å². The fourth-order valence-corrected chi connectivity index (χ4v) is 7.95. The number of sulfonamides is 1. The first kappa shape index (κ1) is 22.7. The van der Waals surface area contributed by atoms with E-state index in [0.717, 1.165) is 25.7 Å². The number of hydrogen-bond acceptors (Lipinski definition) is 7. The molecule has 4 rings (SSSR count). The molecule has 0 spiro atoms. The van der Waals surface area contributed by atoms with E-state index in [1.54, 1.807) is 10.4 Å². The highest BCUT2D eigenvalue weighted by Gasteiger charge is 2.49. The van der Waals surface area contributed by atoms with E-state index in [1.807, 2.05) is 6.92 Å². The molecule has 3 N–H and O–H groups in total. The summed E-state index contributed by atoms with van der Waals surface area (Å²) in [6.45, 7) is 2.59. The molecule has 1 saturated carbocycles. The molecule has 3 fully saturated rings. The molecule has 2 bridgehead atoms. The molecule has 1 aliphatic carbocycles. The summed E-state index contributed by atoms with van der Waals surface area (Å²) in [6, 6.07) is 1.83. The van der Waals surface area contributed by atoms with Gasteiger partial charge in [-0.15, -0.1) is 0 Å². The van der Waals surface area contributed by atoms with E-state index >= 15 is 0 Å². The molecule has 10 heteroatoms. The first-order valence-electron chi connectivity index (χ1n) is 11.6. The van der Waals surface area contributed by atoms with Crippen molar-refractivity contribution in [1.29, 1.82) is 0 Å². The van der Waals surface area contributed by atoms with Crippen molar-refractivity contribution in [3.05, 3.63) is 17.5 Å². The monoisotopic (exact) mass is 454 g/mol. The second-order valence-corrected chi connectivity index (χ2v) is 11.2. The Morgan fingerprint density at radius 2 is 1.84 bits per heavy atom. The number of rotatable bonds is 8. The largest absolute Gasteiger partial charge is 0.395 e. The molecule has 0 radical (unpaired) electrons. The molecule has 3 heterocycles. The molecule has 0 aromatic carbocycles. The minimum atomic E-state index is -3.35. The van der Waals surface area contributed by atoms with Gasteiger partial charge in [0.25, 0.3) is 5.91 Å². The van der Waals surface area contributed by atoms with E-state index in [0.29, 0.717) is 50.5 Å². The van der Waals surface area contributed by atoms with Crippen molar-refractivity contribution in [3.63, 3.8) is 0 Å². The van der Waals surface area contributed by atoms with Gasteiger partial charge in [0, 0.05) is 43.2 Å². The van der Waals surface area contributed by atoms with Crippen LogP contribution in [-0.2, 0) is 16.4 Å². The summed E-state index contributed by atoms with van der Waals surface area (Å²) < 4.78 is 33.8. The van der Waals surface area contributed by atoms with Gasteiger partial charge in [-0.05, 0) is 51.4 Å². The van der Waals surface area contributed by atoms with Crippen LogP contribution in [0.2, 0.25) is 0 Å². The second-order valence-electron chi connectivity index (χ2n) is 9.09. The van der Waals surface area contributed by atoms with Crippen molar-refractivity contribution < 1.29 is 22.8 Å². The SMILES string of the molecule is CCc1cc(C(=O)NC2C[C@H]3CC[C@@H](C2)N3S(=O)(=O)C2CCC(NCCO)CC2)no1. The van der Waals surface area contributed by atoms with Gasteiger partial charge in [-0.25, -0.2) is 8.42 Å². The van der Waals surface area contributed by atoms with Crippen molar-refractivity contribution in [2.24, 2.45) is 0 Å². The number of carbonyl (C=O) groups is 1. The lowest BCUT2D eigenvalue weighted by molar-refractivity contribution is 0.0899. The Morgan fingerprint density at radius 1 is 1.16 bits per heavy atom. The summed E-state index contributed by atoms with van der Waals surface area (Å²) >= 11 is 0. The third-order valence-electron chi connectivity index (χ3n) is 7.08. The number of carbonyl (C=O) groups excluding carboxylic acids is 1. The van der Waals surface area contributed by atoms with Crippen LogP contribution < -0.4 is 10.6 Å². The molecule has 3 atom stereocenters. The van der Waals surface area contributed by atoms with Gasteiger partial charge in [-0.3, -0.25) is 4.79 Å². The highest BCUT2D eigenvalue weighted by atomic mass is 32.2. The van der Waals surface area contributed by atoms with Gasteiger partial charge in [-0.2, -0.15) is 4.31 Å². The maximum atomic E-state index is 13.5. The number of aliphatic hydroxyl groups excluding tert-OH is 1. The van der Waals surface area contributed by atoms with Crippen LogP contribution >= 0.6 is 0 Å². The number of aryl methyl sites for hydroxylation is 1. The summed E-state index contributed by atoms with van der Waals surface area (Å²) in [5, 5.41) is 18.8. The van der Waals surface area contributed by atoms with E-state index in [1.165, 1.54) is 0 Å². The summed E-state index contributed by atoms with van der Waals surface area (Å²) in [6.07, 6.45) is 6.65. The lowest BCUT2D eigenvalue weighted by atomic mass is 9.95. The summed E-state index contributed by atoms with van der Waals surface area (Å²) in [4.78, 5) is 12.5. The number of hydrogen-bond donors (Lipinski definition) is 3. The quantitative estimate of drug-likeness (QED) is 0.539. The minimum Gasteiger partial charge on any atom is -0.395 e. The third-order valence-corrected chi connectivity index (χ3v) is 9.57. The predicted molar refractivity (Wildman–Crippen MR) is 115 cm³/mol. The Hall–Kier alpha value is -1.49. The Bertz CT molecular complexity index is 851. The van der Waals surface area contributed by atoms with Gasteiger partial charge < -0.3 is 20.3 Å². The molecule has 31 heavy (non-hydrogen) atoms. The third kappa shape index (κ3) is 4.81. The molecule has 9 nitrogen and oxygen atoms in total. The Kier molecular flexibility index (Phi) is 7.00. The lowest BCUT2D eigenvalue weighted by Gasteiger charge is -2.41. The normalized spacial score (nSPS) is 31.6. The number of nitrogens with zero attached hydrogens (tertiary/aromatic N) is 2. The zero-order chi connectivity index (χ0) is 22.0. The van der Waals surface area contributed by atoms with Gasteiger partial charge in [0.1, 0.15) is 5.76 Å². The topological polar surface area (TPSA) is 125 Å². The van der Waals surface area contributed by atoms with Crippen LogP contribution in [0.4, 0.5) is 0 Å². The van der Waals surface area contributed by atoms with Crippen LogP contribution in [0, 0.1) is 0 Å². The molecule has 174 valence electrons. The van der Waals surface area contributed by atoms with E-state index < -0.39 is 10.0 Å². The van der Waals surface area contributed by atoms with Crippen LogP contribution in [0.25, 0.3) is 0 Å². The van der Waals surface area contributed by atoms with E-state index in [-0.39, 0.29) is 41.6 Å². The fourth-order valence-electron chi connectivity index (χ4n) is 5.52. The Balaban J connectivity index is 1.35. The molecular formula is C21H34N4O5S. The van der Waals surface area contributed by atoms with Crippen LogP contribution in [0.1, 0.15) is 74.5 Å². The van der Waals surface area contributed by atoms with Gasteiger partial charge in [0.05, 0.1) is 11.9 Å². The van der Waals surface area contributed by atoms with Gasteiger partial charge in [-0.1, -0.05) is 12.1 Å². The predicted octanol–water partition coefficient (Wildman–Crippen LogP) is 1.19. The molecular weight excluding hydrogens is 420 g/mol. The molecule has 1 aromatic rings. The Labute approximate surface area is 184 Å². The molecule has 1 unspecified atom stereocenters. The van der Waals surface area contributed by atoms with Gasteiger partial charge >= 0.3 is 0 Å². The summed E-state index contributed by atoms with van der Waals surface area (Å²) in [5.41, 5.74) is 0.283. The number of nitrogens with one attached hydrogen (secondary N) is 2. The van der Waals surface area contributed by atoms with Crippen molar-refractivity contribution in [2.75, 3.05) is 13.2 Å². The van der Waals surface area contributed by atoms with Gasteiger partial charge in [0.15, 0.2) is 5.69 Å². The van der Waals surface area contributed by atoms with E-state index in [2.05, 4.69) is 15.8 Å². The van der Waals surface area contributed by atoms with Crippen molar-refractivity contribution in [1.82, 2.24) is 20.1 Å². The average molecular weight is 455 g/mol. The maximum Gasteiger partial charge on any atom is 0.273 e. The van der Waals surface area contributed by atoms with Crippen molar-refractivity contribution in [3.8, 4) is 0 Å². The zero-order valence-corrected chi connectivity index (χ0v) is 18.9. The summed E-state index contributed by atoms with van der Waals surface area (Å²) in [5.74, 6) is 0.422. The Morgan fingerprint density at radius 3 is 2.42 bits per heavy atom. The number of aliphatic hydroxyl groups is 1. The molecule has 1 aromatic heterocycles. The van der Waals surface area contributed by atoms with Gasteiger partial charge in [0.2, 0.25) is 10.0 Å².